The number of aliphatic hydroxyl groups excluding tert-OH is 4. The molecule has 0 radical (unpaired) electrons. The molecule has 5 atom stereocenters. The number of rotatable bonds is 11. The molecular weight excluding hydrogens is 304 g/mol. The summed E-state index contributed by atoms with van der Waals surface area (Å²) in [5.41, 5.74) is 0. The van der Waals surface area contributed by atoms with Crippen LogP contribution in [-0.4, -0.2) is 68.6 Å². The van der Waals surface area contributed by atoms with E-state index < -0.39 is 30.4 Å². The van der Waals surface area contributed by atoms with Crippen LogP contribution in [0.4, 0.5) is 0 Å². The minimum atomic E-state index is -1.04. The number of ether oxygens (including phenoxy) is 1. The van der Waals surface area contributed by atoms with Crippen LogP contribution in [0.2, 0.25) is 0 Å². The van der Waals surface area contributed by atoms with Crippen molar-refractivity contribution in [2.75, 3.05) is 6.61 Å². The van der Waals surface area contributed by atoms with Gasteiger partial charge < -0.3 is 30.3 Å². The molecule has 0 bridgehead atoms. The van der Waals surface area contributed by atoms with E-state index >= 15 is 0 Å². The van der Waals surface area contributed by atoms with E-state index in [-0.39, 0.29) is 12.5 Å². The molecule has 0 saturated carbocycles. The van der Waals surface area contributed by atoms with E-state index in [4.69, 9.17) is 14.9 Å². The molecule has 1 rings (SSSR count). The molecule has 0 aliphatic carbocycles. The van der Waals surface area contributed by atoms with Crippen molar-refractivity contribution < 1.29 is 35.1 Å². The molecule has 0 amide bonds. The number of epoxide rings is 1. The second-order valence-electron chi connectivity index (χ2n) is 6.00. The van der Waals surface area contributed by atoms with E-state index in [0.717, 1.165) is 19.3 Å². The summed E-state index contributed by atoms with van der Waals surface area (Å²) in [4.78, 5) is 9.92. The van der Waals surface area contributed by atoms with E-state index in [1.54, 1.807) is 0 Å². The topological polar surface area (TPSA) is 131 Å². The molecule has 5 N–H and O–H groups in total. The maximum Gasteiger partial charge on any atom is 0.305 e. The first kappa shape index (κ1) is 22.3. The van der Waals surface area contributed by atoms with E-state index in [9.17, 15) is 20.1 Å². The summed E-state index contributed by atoms with van der Waals surface area (Å²) in [6.07, 6.45) is 0.782. The van der Waals surface area contributed by atoms with Crippen LogP contribution in [0.1, 0.15) is 58.8 Å². The van der Waals surface area contributed by atoms with Gasteiger partial charge in [-0.25, -0.2) is 0 Å². The van der Waals surface area contributed by atoms with Crippen LogP contribution in [0.15, 0.2) is 0 Å². The van der Waals surface area contributed by atoms with Gasteiger partial charge in [-0.05, 0) is 12.8 Å². The molecule has 7 nitrogen and oxygen atoms in total. The average molecular weight is 336 g/mol. The third kappa shape index (κ3) is 12.4. The summed E-state index contributed by atoms with van der Waals surface area (Å²) in [7, 11) is 0. The van der Waals surface area contributed by atoms with Crippen LogP contribution in [0.5, 0.6) is 0 Å². The van der Waals surface area contributed by atoms with Crippen molar-refractivity contribution in [3.8, 4) is 0 Å². The first-order valence-corrected chi connectivity index (χ1v) is 8.37. The quantitative estimate of drug-likeness (QED) is 0.350. The predicted molar refractivity (Wildman–Crippen MR) is 85.1 cm³/mol. The third-order valence-corrected chi connectivity index (χ3v) is 3.58. The number of aliphatic hydroxyl groups is 4. The summed E-state index contributed by atoms with van der Waals surface area (Å²) < 4.78 is 4.94. The number of aliphatic carboxylic acids is 1. The molecule has 0 aromatic rings. The minimum Gasteiger partial charge on any atom is -0.481 e. The lowest BCUT2D eigenvalue weighted by molar-refractivity contribution is -0.139. The van der Waals surface area contributed by atoms with Gasteiger partial charge in [-0.3, -0.25) is 4.79 Å². The monoisotopic (exact) mass is 336 g/mol. The fourth-order valence-electron chi connectivity index (χ4n) is 2.09. The zero-order chi connectivity index (χ0) is 17.8. The average Bonchev–Trinajstić information content (AvgIpc) is 3.27. The Hall–Kier alpha value is -0.730. The van der Waals surface area contributed by atoms with Crippen LogP contribution in [0, 0.1) is 0 Å². The van der Waals surface area contributed by atoms with Crippen molar-refractivity contribution in [2.24, 2.45) is 0 Å². The molecule has 23 heavy (non-hydrogen) atoms. The molecular formula is C16H32O7. The van der Waals surface area contributed by atoms with Crippen molar-refractivity contribution in [3.05, 3.63) is 0 Å². The Kier molecular flexibility index (Phi) is 12.3. The van der Waals surface area contributed by atoms with Crippen LogP contribution >= 0.6 is 0 Å². The second kappa shape index (κ2) is 12.7. The van der Waals surface area contributed by atoms with Gasteiger partial charge >= 0.3 is 5.97 Å². The van der Waals surface area contributed by atoms with E-state index in [1.807, 2.05) is 13.8 Å². The molecule has 0 spiro atoms. The highest BCUT2D eigenvalue weighted by Gasteiger charge is 2.31. The van der Waals surface area contributed by atoms with Gasteiger partial charge in [0.1, 0.15) is 6.10 Å². The smallest absolute Gasteiger partial charge is 0.305 e. The van der Waals surface area contributed by atoms with E-state index in [0.29, 0.717) is 25.9 Å². The Morgan fingerprint density at radius 3 is 2.13 bits per heavy atom. The lowest BCUT2D eigenvalue weighted by Crippen LogP contribution is -2.38. The molecule has 5 unspecified atom stereocenters. The minimum absolute atomic E-state index is 0.0815. The molecule has 1 aliphatic rings. The van der Waals surface area contributed by atoms with Crippen molar-refractivity contribution in [1.29, 1.82) is 0 Å². The fourth-order valence-corrected chi connectivity index (χ4v) is 2.09. The molecule has 1 heterocycles. The number of unbranched alkanes of at least 4 members (excludes halogenated alkanes) is 1. The summed E-state index contributed by atoms with van der Waals surface area (Å²) in [6, 6.07) is 0. The zero-order valence-corrected chi connectivity index (χ0v) is 14.1. The predicted octanol–water partition coefficient (Wildman–Crippen LogP) is 0.670. The normalized spacial score (nSPS) is 21.6. The SMILES string of the molecule is CCCC(O)CC(=O)O.CCCCC(O)C(O)C(O)CC1CO1. The molecule has 138 valence electrons. The van der Waals surface area contributed by atoms with Gasteiger partial charge in [-0.2, -0.15) is 0 Å². The Labute approximate surface area is 137 Å². The molecule has 1 saturated heterocycles. The molecule has 1 aliphatic heterocycles. The number of carboxylic acids is 1. The van der Waals surface area contributed by atoms with Crippen LogP contribution in [0.3, 0.4) is 0 Å². The van der Waals surface area contributed by atoms with Crippen molar-refractivity contribution in [2.45, 2.75) is 89.3 Å². The Bertz CT molecular complexity index is 307. The lowest BCUT2D eigenvalue weighted by atomic mass is 10.00. The van der Waals surface area contributed by atoms with Crippen LogP contribution in [0.25, 0.3) is 0 Å². The maximum absolute atomic E-state index is 9.92. The summed E-state index contributed by atoms with van der Waals surface area (Å²) in [5.74, 6) is -0.934. The number of carboxylic acid groups (broad SMARTS) is 1. The summed E-state index contributed by atoms with van der Waals surface area (Å²) >= 11 is 0. The largest absolute Gasteiger partial charge is 0.481 e. The van der Waals surface area contributed by atoms with Gasteiger partial charge in [0, 0.05) is 6.42 Å². The van der Waals surface area contributed by atoms with Crippen molar-refractivity contribution >= 4 is 5.97 Å². The Morgan fingerprint density at radius 2 is 1.70 bits per heavy atom. The highest BCUT2D eigenvalue weighted by Crippen LogP contribution is 2.19. The fraction of sp³-hybridized carbons (Fsp3) is 0.938. The van der Waals surface area contributed by atoms with Crippen LogP contribution in [-0.2, 0) is 9.53 Å². The zero-order valence-electron chi connectivity index (χ0n) is 14.1. The maximum atomic E-state index is 9.92. The first-order valence-electron chi connectivity index (χ1n) is 8.37. The number of carbonyl (C=O) groups is 1. The Morgan fingerprint density at radius 1 is 1.09 bits per heavy atom. The number of hydrogen-bond acceptors (Lipinski definition) is 6. The van der Waals surface area contributed by atoms with Gasteiger partial charge in [0.2, 0.25) is 0 Å². The molecule has 0 aromatic heterocycles. The third-order valence-electron chi connectivity index (χ3n) is 3.58. The van der Waals surface area contributed by atoms with Crippen LogP contribution < -0.4 is 0 Å². The summed E-state index contributed by atoms with van der Waals surface area (Å²) in [6.45, 7) is 4.59. The van der Waals surface area contributed by atoms with Gasteiger partial charge in [-0.15, -0.1) is 0 Å². The summed E-state index contributed by atoms with van der Waals surface area (Å²) in [5, 5.41) is 45.5. The highest BCUT2D eigenvalue weighted by atomic mass is 16.6. The van der Waals surface area contributed by atoms with Gasteiger partial charge in [-0.1, -0.05) is 33.1 Å². The molecule has 1 fully saturated rings. The van der Waals surface area contributed by atoms with Crippen molar-refractivity contribution in [3.63, 3.8) is 0 Å². The highest BCUT2D eigenvalue weighted by molar-refractivity contribution is 5.67. The Balaban J connectivity index is 0.000000468. The van der Waals surface area contributed by atoms with Gasteiger partial charge in [0.15, 0.2) is 0 Å². The van der Waals surface area contributed by atoms with Gasteiger partial charge in [0.25, 0.3) is 0 Å². The molecule has 7 heteroatoms. The second-order valence-corrected chi connectivity index (χ2v) is 6.00. The van der Waals surface area contributed by atoms with E-state index in [2.05, 4.69) is 0 Å². The van der Waals surface area contributed by atoms with E-state index in [1.165, 1.54) is 0 Å². The number of hydrogen-bond donors (Lipinski definition) is 5. The molecule has 0 aromatic carbocycles. The van der Waals surface area contributed by atoms with Gasteiger partial charge in [0.05, 0.1) is 37.4 Å². The first-order chi connectivity index (χ1) is 10.8. The van der Waals surface area contributed by atoms with Crippen molar-refractivity contribution in [1.82, 2.24) is 0 Å². The standard InChI is InChI=1S/C10H20O4.C6H12O3/c1-2-3-4-8(11)10(13)9(12)5-7-6-14-7;1-2-3-5(7)4-6(8)9/h7-13H,2-6H2,1H3;5,7H,2-4H2,1H3,(H,8,9). The lowest BCUT2D eigenvalue weighted by Gasteiger charge is -2.22.